The van der Waals surface area contributed by atoms with E-state index < -0.39 is 5.82 Å². The van der Waals surface area contributed by atoms with Crippen molar-refractivity contribution in [1.82, 2.24) is 10.6 Å². The summed E-state index contributed by atoms with van der Waals surface area (Å²) < 4.78 is 14.5. The van der Waals surface area contributed by atoms with Crippen LogP contribution in [0.3, 0.4) is 0 Å². The van der Waals surface area contributed by atoms with Gasteiger partial charge in [0, 0.05) is 11.6 Å². The Morgan fingerprint density at radius 3 is 2.60 bits per heavy atom. The Balaban J connectivity index is 1.47. The monoisotopic (exact) mass is 338 g/mol. The van der Waals surface area contributed by atoms with Crippen molar-refractivity contribution >= 4 is 5.91 Å². The van der Waals surface area contributed by atoms with Crippen LogP contribution in [0.5, 0.6) is 0 Å². The van der Waals surface area contributed by atoms with E-state index >= 15 is 0 Å². The number of benzene rings is 2. The molecule has 25 heavy (non-hydrogen) atoms. The van der Waals surface area contributed by atoms with E-state index in [2.05, 4.69) is 10.6 Å². The lowest BCUT2D eigenvalue weighted by atomic mass is 9.70. The van der Waals surface area contributed by atoms with Crippen molar-refractivity contribution in [3.05, 3.63) is 59.9 Å². The summed E-state index contributed by atoms with van der Waals surface area (Å²) in [6.45, 7) is 0.917. The van der Waals surface area contributed by atoms with Gasteiger partial charge >= 0.3 is 0 Å². The van der Waals surface area contributed by atoms with Gasteiger partial charge in [-0.25, -0.2) is 4.39 Å². The summed E-state index contributed by atoms with van der Waals surface area (Å²) in [6.07, 6.45) is 5.46. The topological polar surface area (TPSA) is 41.1 Å². The van der Waals surface area contributed by atoms with E-state index in [1.807, 2.05) is 36.4 Å². The average Bonchev–Trinajstić information content (AvgIpc) is 2.61. The number of hydrogen-bond acceptors (Lipinski definition) is 2. The molecular formula is C21H23FN2O. The number of rotatable bonds is 3. The summed E-state index contributed by atoms with van der Waals surface area (Å²) in [4.78, 5) is 12.5. The van der Waals surface area contributed by atoms with Crippen molar-refractivity contribution in [2.45, 2.75) is 43.7 Å². The molecule has 2 aliphatic rings. The molecule has 1 unspecified atom stereocenters. The van der Waals surface area contributed by atoms with Gasteiger partial charge in [0.1, 0.15) is 5.82 Å². The molecule has 0 aromatic heterocycles. The molecule has 1 heterocycles. The van der Waals surface area contributed by atoms with Gasteiger partial charge in [-0.1, -0.05) is 36.4 Å². The first-order chi connectivity index (χ1) is 12.2. The zero-order chi connectivity index (χ0) is 17.3. The van der Waals surface area contributed by atoms with E-state index in [1.165, 1.54) is 25.3 Å². The summed E-state index contributed by atoms with van der Waals surface area (Å²) in [7, 11) is 0. The molecular weight excluding hydrogens is 315 g/mol. The molecule has 0 radical (unpaired) electrons. The van der Waals surface area contributed by atoms with Crippen LogP contribution in [0.15, 0.2) is 48.5 Å². The summed E-state index contributed by atoms with van der Waals surface area (Å²) in [6, 6.07) is 14.6. The molecule has 1 spiro atoms. The first kappa shape index (κ1) is 16.3. The van der Waals surface area contributed by atoms with Gasteiger partial charge in [0.15, 0.2) is 0 Å². The van der Waals surface area contributed by atoms with Gasteiger partial charge in [-0.05, 0) is 61.9 Å². The van der Waals surface area contributed by atoms with Crippen molar-refractivity contribution in [1.29, 1.82) is 0 Å². The predicted octanol–water partition coefficient (Wildman–Crippen LogP) is 3.90. The van der Waals surface area contributed by atoms with Crippen LogP contribution in [-0.2, 0) is 0 Å². The molecule has 1 amide bonds. The first-order valence-corrected chi connectivity index (χ1v) is 9.06. The number of carbonyl (C=O) groups excluding carboxylic acids is 1. The molecule has 2 aromatic carbocycles. The van der Waals surface area contributed by atoms with Crippen LogP contribution in [-0.4, -0.2) is 24.0 Å². The van der Waals surface area contributed by atoms with Crippen molar-refractivity contribution in [2.24, 2.45) is 0 Å². The van der Waals surface area contributed by atoms with Crippen molar-refractivity contribution in [3.8, 4) is 11.1 Å². The Hall–Kier alpha value is -2.20. The molecule has 130 valence electrons. The highest BCUT2D eigenvalue weighted by atomic mass is 19.1. The number of halogens is 1. The van der Waals surface area contributed by atoms with E-state index in [9.17, 15) is 9.18 Å². The minimum Gasteiger partial charge on any atom is -0.349 e. The van der Waals surface area contributed by atoms with Crippen LogP contribution in [0.1, 0.15) is 42.5 Å². The fraction of sp³-hybridized carbons (Fsp3) is 0.381. The fourth-order valence-corrected chi connectivity index (χ4v) is 4.04. The van der Waals surface area contributed by atoms with Crippen LogP contribution < -0.4 is 10.6 Å². The van der Waals surface area contributed by atoms with E-state index in [0.717, 1.165) is 30.5 Å². The third kappa shape index (κ3) is 3.31. The summed E-state index contributed by atoms with van der Waals surface area (Å²) >= 11 is 0. The predicted molar refractivity (Wildman–Crippen MR) is 96.9 cm³/mol. The van der Waals surface area contributed by atoms with Crippen LogP contribution in [0.25, 0.3) is 11.1 Å². The Labute approximate surface area is 147 Å². The lowest BCUT2D eigenvalue weighted by Crippen LogP contribution is -2.59. The van der Waals surface area contributed by atoms with Crippen LogP contribution >= 0.6 is 0 Å². The molecule has 2 N–H and O–H groups in total. The lowest BCUT2D eigenvalue weighted by molar-refractivity contribution is 0.0849. The Kier molecular flexibility index (Phi) is 4.30. The van der Waals surface area contributed by atoms with Gasteiger partial charge in [-0.15, -0.1) is 0 Å². The van der Waals surface area contributed by atoms with Gasteiger partial charge in [-0.2, -0.15) is 0 Å². The van der Waals surface area contributed by atoms with E-state index in [1.54, 1.807) is 6.07 Å². The van der Waals surface area contributed by atoms with Crippen LogP contribution in [0.4, 0.5) is 4.39 Å². The first-order valence-electron chi connectivity index (χ1n) is 9.06. The molecule has 4 rings (SSSR count). The van der Waals surface area contributed by atoms with Crippen molar-refractivity contribution < 1.29 is 9.18 Å². The summed E-state index contributed by atoms with van der Waals surface area (Å²) in [5.74, 6) is -0.773. The van der Waals surface area contributed by atoms with Gasteiger partial charge in [0.2, 0.25) is 0 Å². The second kappa shape index (κ2) is 6.60. The fourth-order valence-electron chi connectivity index (χ4n) is 4.04. The zero-order valence-electron chi connectivity index (χ0n) is 14.2. The summed E-state index contributed by atoms with van der Waals surface area (Å²) in [5.41, 5.74) is 2.07. The molecule has 1 aliphatic carbocycles. The molecule has 3 nitrogen and oxygen atoms in total. The number of piperidine rings is 1. The maximum atomic E-state index is 14.5. The third-order valence-electron chi connectivity index (χ3n) is 5.60. The summed E-state index contributed by atoms with van der Waals surface area (Å²) in [5, 5.41) is 6.63. The van der Waals surface area contributed by atoms with Gasteiger partial charge in [0.05, 0.1) is 5.56 Å². The second-order valence-electron chi connectivity index (χ2n) is 7.28. The molecule has 1 saturated carbocycles. The molecule has 1 aliphatic heterocycles. The maximum Gasteiger partial charge on any atom is 0.254 e. The Bertz CT molecular complexity index is 771. The Morgan fingerprint density at radius 2 is 1.92 bits per heavy atom. The van der Waals surface area contributed by atoms with E-state index in [4.69, 9.17) is 0 Å². The second-order valence-corrected chi connectivity index (χ2v) is 7.28. The SMILES string of the molecule is O=C(NC1CCNC2(CCC2)C1)c1ccc(-c2ccccc2)cc1F. The van der Waals surface area contributed by atoms with Crippen LogP contribution in [0, 0.1) is 5.82 Å². The number of carbonyl (C=O) groups is 1. The quantitative estimate of drug-likeness (QED) is 0.891. The van der Waals surface area contributed by atoms with Gasteiger partial charge in [-0.3, -0.25) is 4.79 Å². The van der Waals surface area contributed by atoms with Gasteiger partial charge < -0.3 is 10.6 Å². The molecule has 1 atom stereocenters. The average molecular weight is 338 g/mol. The van der Waals surface area contributed by atoms with Crippen molar-refractivity contribution in [3.63, 3.8) is 0 Å². The number of amides is 1. The normalized spacial score (nSPS) is 21.6. The number of hydrogen-bond donors (Lipinski definition) is 2. The smallest absolute Gasteiger partial charge is 0.254 e. The minimum absolute atomic E-state index is 0.126. The molecule has 0 bridgehead atoms. The highest BCUT2D eigenvalue weighted by Gasteiger charge is 2.41. The van der Waals surface area contributed by atoms with E-state index in [0.29, 0.717) is 0 Å². The van der Waals surface area contributed by atoms with Crippen LogP contribution in [0.2, 0.25) is 0 Å². The Morgan fingerprint density at radius 1 is 1.12 bits per heavy atom. The van der Waals surface area contributed by atoms with E-state index in [-0.39, 0.29) is 23.1 Å². The number of nitrogens with one attached hydrogen (secondary N) is 2. The highest BCUT2D eigenvalue weighted by molar-refractivity contribution is 5.95. The standard InChI is InChI=1S/C21H23FN2O/c22-19-13-16(15-5-2-1-3-6-15)7-8-18(19)20(25)24-17-9-12-23-21(14-17)10-4-11-21/h1-3,5-8,13,17,23H,4,9-12,14H2,(H,24,25). The highest BCUT2D eigenvalue weighted by Crippen LogP contribution is 2.38. The molecule has 1 saturated heterocycles. The largest absolute Gasteiger partial charge is 0.349 e. The molecule has 2 fully saturated rings. The lowest BCUT2D eigenvalue weighted by Gasteiger charge is -2.48. The van der Waals surface area contributed by atoms with Crippen molar-refractivity contribution in [2.75, 3.05) is 6.54 Å². The minimum atomic E-state index is -0.467. The maximum absolute atomic E-state index is 14.5. The molecule has 2 aromatic rings. The molecule has 4 heteroatoms. The third-order valence-corrected chi connectivity index (χ3v) is 5.60. The van der Waals surface area contributed by atoms with Gasteiger partial charge in [0.25, 0.3) is 5.91 Å². The zero-order valence-corrected chi connectivity index (χ0v) is 14.2.